The summed E-state index contributed by atoms with van der Waals surface area (Å²) in [6.07, 6.45) is 13.8. The Balaban J connectivity index is 1.29. The van der Waals surface area contributed by atoms with E-state index in [4.69, 9.17) is 9.40 Å². The standard InChI is InChI=1S/C25H18N8O2/c34-25(13-1-2-13)29-17-5-15(7-26-9-17)16-6-18-22(32-33-23(18)28-8-16)24-30-20-11-27-10-19(21(20)31-24)14-3-4-35-12-14/h3-13H,1-2H2,(H,29,34)(H,30,31)(H,28,32,33). The molecule has 1 saturated carbocycles. The number of imidazole rings is 1. The van der Waals surface area contributed by atoms with Gasteiger partial charge in [0.2, 0.25) is 5.91 Å². The smallest absolute Gasteiger partial charge is 0.227 e. The molecule has 170 valence electrons. The zero-order chi connectivity index (χ0) is 23.4. The summed E-state index contributed by atoms with van der Waals surface area (Å²) >= 11 is 0. The van der Waals surface area contributed by atoms with E-state index in [0.29, 0.717) is 22.9 Å². The molecule has 0 atom stereocenters. The van der Waals surface area contributed by atoms with Crippen LogP contribution in [0.15, 0.2) is 66.1 Å². The van der Waals surface area contributed by atoms with E-state index in [-0.39, 0.29) is 11.8 Å². The van der Waals surface area contributed by atoms with Crippen molar-refractivity contribution in [1.82, 2.24) is 35.1 Å². The normalized spacial score (nSPS) is 13.5. The van der Waals surface area contributed by atoms with Gasteiger partial charge in [-0.15, -0.1) is 0 Å². The van der Waals surface area contributed by atoms with Gasteiger partial charge in [-0.05, 0) is 31.0 Å². The number of hydrogen-bond donors (Lipinski definition) is 3. The van der Waals surface area contributed by atoms with Crippen LogP contribution in [0.25, 0.3) is 55.8 Å². The number of rotatable bonds is 5. The fourth-order valence-electron chi connectivity index (χ4n) is 4.17. The summed E-state index contributed by atoms with van der Waals surface area (Å²) in [6.45, 7) is 0. The van der Waals surface area contributed by atoms with Crippen LogP contribution in [0.1, 0.15) is 12.8 Å². The lowest BCUT2D eigenvalue weighted by Crippen LogP contribution is -2.13. The maximum Gasteiger partial charge on any atom is 0.227 e. The maximum absolute atomic E-state index is 12.2. The number of H-pyrrole nitrogens is 2. The van der Waals surface area contributed by atoms with Gasteiger partial charge in [0.1, 0.15) is 11.2 Å². The zero-order valence-corrected chi connectivity index (χ0v) is 18.3. The van der Waals surface area contributed by atoms with Crippen LogP contribution in [0.4, 0.5) is 5.69 Å². The molecule has 10 heteroatoms. The number of carbonyl (C=O) groups excluding carboxylic acids is 1. The molecule has 0 radical (unpaired) electrons. The van der Waals surface area contributed by atoms with Gasteiger partial charge < -0.3 is 14.7 Å². The van der Waals surface area contributed by atoms with Crippen molar-refractivity contribution in [2.45, 2.75) is 12.8 Å². The molecule has 35 heavy (non-hydrogen) atoms. The van der Waals surface area contributed by atoms with Crippen molar-refractivity contribution < 1.29 is 9.21 Å². The maximum atomic E-state index is 12.2. The second-order valence-electron chi connectivity index (χ2n) is 8.60. The van der Waals surface area contributed by atoms with Gasteiger partial charge in [-0.25, -0.2) is 9.97 Å². The number of hydrogen-bond acceptors (Lipinski definition) is 7. The molecule has 0 aliphatic heterocycles. The van der Waals surface area contributed by atoms with Crippen molar-refractivity contribution in [2.75, 3.05) is 5.32 Å². The number of nitrogens with zero attached hydrogens (tertiary/aromatic N) is 5. The van der Waals surface area contributed by atoms with Gasteiger partial charge >= 0.3 is 0 Å². The van der Waals surface area contributed by atoms with Gasteiger partial charge in [0, 0.05) is 46.8 Å². The third-order valence-electron chi connectivity index (χ3n) is 6.15. The summed E-state index contributed by atoms with van der Waals surface area (Å²) in [5.41, 5.74) is 7.00. The van der Waals surface area contributed by atoms with E-state index in [1.807, 2.05) is 18.2 Å². The van der Waals surface area contributed by atoms with Gasteiger partial charge in [-0.1, -0.05) is 0 Å². The quantitative estimate of drug-likeness (QED) is 0.341. The largest absolute Gasteiger partial charge is 0.472 e. The van der Waals surface area contributed by atoms with Crippen LogP contribution < -0.4 is 5.32 Å². The van der Waals surface area contributed by atoms with Crippen LogP contribution in [0.5, 0.6) is 0 Å². The Morgan fingerprint density at radius 2 is 1.91 bits per heavy atom. The van der Waals surface area contributed by atoms with Gasteiger partial charge in [0.25, 0.3) is 0 Å². The lowest BCUT2D eigenvalue weighted by atomic mass is 10.1. The lowest BCUT2D eigenvalue weighted by Gasteiger charge is -2.06. The number of amides is 1. The van der Waals surface area contributed by atoms with Crippen molar-refractivity contribution in [3.8, 4) is 33.8 Å². The monoisotopic (exact) mass is 462 g/mol. The predicted molar refractivity (Wildman–Crippen MR) is 129 cm³/mol. The van der Waals surface area contributed by atoms with Crippen LogP contribution in [0, 0.1) is 5.92 Å². The average Bonchev–Trinajstić information content (AvgIpc) is 3.26. The van der Waals surface area contributed by atoms with Crippen molar-refractivity contribution in [2.24, 2.45) is 5.92 Å². The van der Waals surface area contributed by atoms with Crippen molar-refractivity contribution in [3.05, 3.63) is 61.7 Å². The average molecular weight is 462 g/mol. The molecule has 0 saturated heterocycles. The minimum absolute atomic E-state index is 0.0452. The van der Waals surface area contributed by atoms with Crippen molar-refractivity contribution in [3.63, 3.8) is 0 Å². The number of aromatic amines is 2. The van der Waals surface area contributed by atoms with Gasteiger partial charge in [0.05, 0.1) is 41.5 Å². The highest BCUT2D eigenvalue weighted by Crippen LogP contribution is 2.33. The number of furan rings is 1. The molecule has 6 heterocycles. The Morgan fingerprint density at radius 3 is 2.77 bits per heavy atom. The van der Waals surface area contributed by atoms with E-state index >= 15 is 0 Å². The Kier molecular flexibility index (Phi) is 4.25. The van der Waals surface area contributed by atoms with Crippen LogP contribution in [-0.2, 0) is 4.79 Å². The third kappa shape index (κ3) is 3.43. The molecule has 6 aromatic rings. The predicted octanol–water partition coefficient (Wildman–Crippen LogP) is 4.57. The fraction of sp³-hybridized carbons (Fsp3) is 0.120. The van der Waals surface area contributed by atoms with E-state index < -0.39 is 0 Å². The molecule has 7 rings (SSSR count). The SMILES string of the molecule is O=C(Nc1cncc(-c2cnc3[nH]nc(-c4nc5c(-c6ccoc6)cncc5[nH]4)c3c2)c1)C1CC1. The third-order valence-corrected chi connectivity index (χ3v) is 6.15. The number of aromatic nitrogens is 7. The molecule has 0 bridgehead atoms. The van der Waals surface area contributed by atoms with Crippen molar-refractivity contribution in [1.29, 1.82) is 0 Å². The molecule has 1 aliphatic rings. The summed E-state index contributed by atoms with van der Waals surface area (Å²) in [6, 6.07) is 5.77. The second-order valence-corrected chi connectivity index (χ2v) is 8.60. The number of carbonyl (C=O) groups is 1. The number of fused-ring (bicyclic) bond motifs is 2. The number of pyridine rings is 3. The summed E-state index contributed by atoms with van der Waals surface area (Å²) in [5.74, 6) is 0.772. The molecule has 0 unspecified atom stereocenters. The van der Waals surface area contributed by atoms with E-state index in [0.717, 1.165) is 51.5 Å². The summed E-state index contributed by atoms with van der Waals surface area (Å²) in [4.78, 5) is 33.5. The van der Waals surface area contributed by atoms with Gasteiger partial charge in [0.15, 0.2) is 11.5 Å². The van der Waals surface area contributed by atoms with Crippen LogP contribution in [0.2, 0.25) is 0 Å². The first-order valence-electron chi connectivity index (χ1n) is 11.2. The minimum Gasteiger partial charge on any atom is -0.472 e. The Bertz CT molecular complexity index is 1710. The van der Waals surface area contributed by atoms with E-state index in [1.54, 1.807) is 43.5 Å². The molecule has 10 nitrogen and oxygen atoms in total. The molecule has 0 spiro atoms. The summed E-state index contributed by atoms with van der Waals surface area (Å²) in [5, 5.41) is 11.2. The number of nitrogens with one attached hydrogen (secondary N) is 3. The Morgan fingerprint density at radius 1 is 1.03 bits per heavy atom. The molecule has 1 aliphatic carbocycles. The van der Waals surface area contributed by atoms with E-state index in [2.05, 4.69) is 35.5 Å². The first-order chi connectivity index (χ1) is 17.2. The zero-order valence-electron chi connectivity index (χ0n) is 18.3. The topological polar surface area (TPSA) is 138 Å². The molecule has 1 fully saturated rings. The lowest BCUT2D eigenvalue weighted by molar-refractivity contribution is -0.117. The molecule has 6 aromatic heterocycles. The van der Waals surface area contributed by atoms with E-state index in [1.165, 1.54) is 0 Å². The number of anilines is 1. The highest BCUT2D eigenvalue weighted by atomic mass is 16.3. The Hall–Kier alpha value is -4.86. The molecule has 1 amide bonds. The van der Waals surface area contributed by atoms with E-state index in [9.17, 15) is 4.79 Å². The van der Waals surface area contributed by atoms with Crippen LogP contribution in [0.3, 0.4) is 0 Å². The molecular weight excluding hydrogens is 444 g/mol. The minimum atomic E-state index is 0.0452. The second kappa shape index (κ2) is 7.59. The first kappa shape index (κ1) is 19.6. The Labute approximate surface area is 197 Å². The summed E-state index contributed by atoms with van der Waals surface area (Å²) < 4.78 is 5.23. The van der Waals surface area contributed by atoms with Gasteiger partial charge in [-0.3, -0.25) is 19.9 Å². The highest BCUT2D eigenvalue weighted by Gasteiger charge is 2.29. The van der Waals surface area contributed by atoms with Crippen molar-refractivity contribution >= 4 is 33.7 Å². The summed E-state index contributed by atoms with van der Waals surface area (Å²) in [7, 11) is 0. The fourth-order valence-corrected chi connectivity index (χ4v) is 4.17. The van der Waals surface area contributed by atoms with Gasteiger partial charge in [-0.2, -0.15) is 5.10 Å². The highest BCUT2D eigenvalue weighted by molar-refractivity contribution is 5.97. The molecular formula is C25H18N8O2. The van der Waals surface area contributed by atoms with Crippen LogP contribution in [-0.4, -0.2) is 41.0 Å². The first-order valence-corrected chi connectivity index (χ1v) is 11.2. The molecule has 0 aromatic carbocycles. The molecule has 3 N–H and O–H groups in total. The van der Waals surface area contributed by atoms with Crippen LogP contribution >= 0.6 is 0 Å².